The molecule has 0 aliphatic heterocycles. The average Bonchev–Trinajstić information content (AvgIpc) is 1.67. The second-order valence-electron chi connectivity index (χ2n) is 2.22. The molecule has 1 radical (unpaired) electrons. The van der Waals surface area contributed by atoms with Gasteiger partial charge in [-0.15, -0.1) is 0 Å². The first-order valence-corrected chi connectivity index (χ1v) is 3.07. The summed E-state index contributed by atoms with van der Waals surface area (Å²) in [6, 6.07) is 0. The van der Waals surface area contributed by atoms with Gasteiger partial charge in [0.2, 0.25) is 0 Å². The molecule has 49 valence electrons. The van der Waals surface area contributed by atoms with Gasteiger partial charge in [-0.2, -0.15) is 0 Å². The highest BCUT2D eigenvalue weighted by atomic mass is 16.3. The van der Waals surface area contributed by atoms with Gasteiger partial charge in [-0.25, -0.2) is 5.11 Å². The Balaban J connectivity index is 3.17. The highest BCUT2D eigenvalue weighted by molar-refractivity contribution is 4.53. The van der Waals surface area contributed by atoms with E-state index >= 15 is 0 Å². The van der Waals surface area contributed by atoms with Crippen molar-refractivity contribution in [1.82, 2.24) is 5.32 Å². The van der Waals surface area contributed by atoms with Crippen LogP contribution in [0.4, 0.5) is 0 Å². The van der Waals surface area contributed by atoms with Crippen LogP contribution in [0.3, 0.4) is 0 Å². The van der Waals surface area contributed by atoms with E-state index in [1.54, 1.807) is 0 Å². The Hall–Kier alpha value is -0.0800. The number of rotatable bonds is 3. The van der Waals surface area contributed by atoms with Gasteiger partial charge in [0.05, 0.1) is 0 Å². The molecule has 0 heterocycles. The van der Waals surface area contributed by atoms with E-state index in [1.165, 1.54) is 0 Å². The Labute approximate surface area is 50.9 Å². The molecule has 1 N–H and O–H groups in total. The van der Waals surface area contributed by atoms with Gasteiger partial charge in [0.1, 0.15) is 6.23 Å². The summed E-state index contributed by atoms with van der Waals surface area (Å²) in [5, 5.41) is 13.5. The van der Waals surface area contributed by atoms with E-state index in [0.717, 1.165) is 6.54 Å². The zero-order chi connectivity index (χ0) is 6.57. The van der Waals surface area contributed by atoms with Crippen molar-refractivity contribution in [3.05, 3.63) is 0 Å². The maximum absolute atomic E-state index is 10.7. The summed E-state index contributed by atoms with van der Waals surface area (Å²) in [5.41, 5.74) is 0. The molecule has 0 fully saturated rings. The van der Waals surface area contributed by atoms with E-state index in [-0.39, 0.29) is 5.92 Å². The lowest BCUT2D eigenvalue weighted by molar-refractivity contribution is 0.0228. The minimum absolute atomic E-state index is 0.204. The van der Waals surface area contributed by atoms with Gasteiger partial charge < -0.3 is 0 Å². The van der Waals surface area contributed by atoms with Crippen molar-refractivity contribution in [2.24, 2.45) is 5.92 Å². The summed E-state index contributed by atoms with van der Waals surface area (Å²) < 4.78 is 0. The fourth-order valence-electron chi connectivity index (χ4n) is 0.437. The second kappa shape index (κ2) is 3.87. The summed E-state index contributed by atoms with van der Waals surface area (Å²) in [6.07, 6.45) is -0.583. The van der Waals surface area contributed by atoms with E-state index in [4.69, 9.17) is 0 Å². The second-order valence-corrected chi connectivity index (χ2v) is 2.22. The summed E-state index contributed by atoms with van der Waals surface area (Å²) in [7, 11) is 0. The van der Waals surface area contributed by atoms with Gasteiger partial charge in [0, 0.05) is 0 Å². The minimum Gasteiger partial charge on any atom is -0.290 e. The fourth-order valence-corrected chi connectivity index (χ4v) is 0.437. The van der Waals surface area contributed by atoms with Crippen molar-refractivity contribution in [3.63, 3.8) is 0 Å². The Morgan fingerprint density at radius 2 is 2.00 bits per heavy atom. The molecular weight excluding hydrogens is 102 g/mol. The van der Waals surface area contributed by atoms with E-state index in [2.05, 4.69) is 5.32 Å². The SMILES string of the molecule is CCNC([O])C(C)C. The molecule has 1 atom stereocenters. The first kappa shape index (κ1) is 7.92. The largest absolute Gasteiger partial charge is 0.290 e. The van der Waals surface area contributed by atoms with Crippen LogP contribution in [0.1, 0.15) is 20.8 Å². The minimum atomic E-state index is -0.583. The quantitative estimate of drug-likeness (QED) is 0.548. The van der Waals surface area contributed by atoms with E-state index < -0.39 is 6.23 Å². The molecule has 0 aliphatic carbocycles. The first-order chi connectivity index (χ1) is 3.68. The van der Waals surface area contributed by atoms with E-state index in [9.17, 15) is 5.11 Å². The van der Waals surface area contributed by atoms with E-state index in [1.807, 2.05) is 20.8 Å². The van der Waals surface area contributed by atoms with Crippen LogP contribution in [0, 0.1) is 5.92 Å². The molecule has 0 amide bonds. The van der Waals surface area contributed by atoms with Crippen molar-refractivity contribution in [2.45, 2.75) is 27.0 Å². The predicted octanol–water partition coefficient (Wildman–Crippen LogP) is 1.01. The first-order valence-electron chi connectivity index (χ1n) is 3.07. The van der Waals surface area contributed by atoms with Crippen LogP contribution < -0.4 is 5.32 Å². The Morgan fingerprint density at radius 3 is 2.12 bits per heavy atom. The zero-order valence-corrected chi connectivity index (χ0v) is 5.77. The smallest absolute Gasteiger partial charge is 0.146 e. The molecule has 8 heavy (non-hydrogen) atoms. The molecule has 0 saturated carbocycles. The number of hydrogen-bond acceptors (Lipinski definition) is 1. The van der Waals surface area contributed by atoms with Crippen LogP contribution in [-0.2, 0) is 5.11 Å². The molecule has 0 aromatic carbocycles. The Bertz CT molecular complexity index is 54.5. The van der Waals surface area contributed by atoms with Crippen LogP contribution in [-0.4, -0.2) is 12.8 Å². The molecule has 2 nitrogen and oxygen atoms in total. The van der Waals surface area contributed by atoms with Gasteiger partial charge in [-0.1, -0.05) is 20.8 Å². The van der Waals surface area contributed by atoms with Gasteiger partial charge in [-0.05, 0) is 12.5 Å². The van der Waals surface area contributed by atoms with Crippen LogP contribution in [0.2, 0.25) is 0 Å². The third kappa shape index (κ3) is 2.99. The number of nitrogens with one attached hydrogen (secondary N) is 1. The third-order valence-electron chi connectivity index (χ3n) is 1.01. The lowest BCUT2D eigenvalue weighted by atomic mass is 10.2. The van der Waals surface area contributed by atoms with Gasteiger partial charge in [0.15, 0.2) is 0 Å². The molecule has 0 spiro atoms. The summed E-state index contributed by atoms with van der Waals surface area (Å²) in [6.45, 7) is 6.54. The normalized spacial score (nSPS) is 14.6. The molecule has 0 aromatic rings. The van der Waals surface area contributed by atoms with Crippen LogP contribution in [0.5, 0.6) is 0 Å². The molecule has 0 aromatic heterocycles. The average molecular weight is 116 g/mol. The number of hydrogen-bond donors (Lipinski definition) is 1. The lowest BCUT2D eigenvalue weighted by Gasteiger charge is -2.11. The molecule has 0 rings (SSSR count). The van der Waals surface area contributed by atoms with Gasteiger partial charge >= 0.3 is 0 Å². The summed E-state index contributed by atoms with van der Waals surface area (Å²) in [4.78, 5) is 0. The molecule has 0 bridgehead atoms. The van der Waals surface area contributed by atoms with Gasteiger partial charge in [0.25, 0.3) is 0 Å². The van der Waals surface area contributed by atoms with Crippen LogP contribution >= 0.6 is 0 Å². The van der Waals surface area contributed by atoms with Crippen molar-refractivity contribution >= 4 is 0 Å². The highest BCUT2D eigenvalue weighted by Crippen LogP contribution is 1.96. The molecule has 1 unspecified atom stereocenters. The third-order valence-corrected chi connectivity index (χ3v) is 1.01. The zero-order valence-electron chi connectivity index (χ0n) is 5.77. The van der Waals surface area contributed by atoms with Crippen molar-refractivity contribution < 1.29 is 5.11 Å². The standard InChI is InChI=1S/C6H14NO/c1-4-7-6(8)5(2)3/h5-7H,4H2,1-3H3. The molecule has 0 aliphatic rings. The van der Waals surface area contributed by atoms with Crippen molar-refractivity contribution in [2.75, 3.05) is 6.54 Å². The van der Waals surface area contributed by atoms with Crippen LogP contribution in [0.15, 0.2) is 0 Å². The molecule has 0 saturated heterocycles. The summed E-state index contributed by atoms with van der Waals surface area (Å²) in [5.74, 6) is 0.204. The fraction of sp³-hybridized carbons (Fsp3) is 1.00. The van der Waals surface area contributed by atoms with E-state index in [0.29, 0.717) is 0 Å². The maximum atomic E-state index is 10.7. The topological polar surface area (TPSA) is 31.9 Å². The summed E-state index contributed by atoms with van der Waals surface area (Å²) >= 11 is 0. The monoisotopic (exact) mass is 116 g/mol. The predicted molar refractivity (Wildman–Crippen MR) is 33.0 cm³/mol. The highest BCUT2D eigenvalue weighted by Gasteiger charge is 2.06. The maximum Gasteiger partial charge on any atom is 0.146 e. The molecular formula is C6H14NO. The Morgan fingerprint density at radius 1 is 1.50 bits per heavy atom. The van der Waals surface area contributed by atoms with Crippen molar-refractivity contribution in [1.29, 1.82) is 0 Å². The van der Waals surface area contributed by atoms with Gasteiger partial charge in [-0.3, -0.25) is 5.32 Å². The Kier molecular flexibility index (Phi) is 3.83. The van der Waals surface area contributed by atoms with Crippen molar-refractivity contribution in [3.8, 4) is 0 Å². The van der Waals surface area contributed by atoms with Crippen LogP contribution in [0.25, 0.3) is 0 Å². The molecule has 2 heteroatoms. The lowest BCUT2D eigenvalue weighted by Crippen LogP contribution is -2.31.